The maximum Gasteiger partial charge on any atom is 0.239 e. The molecule has 0 unspecified atom stereocenters. The molecule has 3 amide bonds. The lowest BCUT2D eigenvalue weighted by Crippen LogP contribution is -2.43. The van der Waals surface area contributed by atoms with Crippen LogP contribution in [0.15, 0.2) is 18.2 Å². The van der Waals surface area contributed by atoms with E-state index in [4.69, 9.17) is 23.2 Å². The molecule has 1 rings (SSSR count). The number of halogens is 2. The molecule has 0 aliphatic carbocycles. The number of anilines is 1. The Labute approximate surface area is 163 Å². The minimum atomic E-state index is -0.348. The van der Waals surface area contributed by atoms with Gasteiger partial charge in [-0.15, -0.1) is 0 Å². The van der Waals surface area contributed by atoms with Crippen LogP contribution in [0.3, 0.4) is 0 Å². The van der Waals surface area contributed by atoms with Crippen LogP contribution in [-0.4, -0.2) is 67.8 Å². The second kappa shape index (κ2) is 11.0. The summed E-state index contributed by atoms with van der Waals surface area (Å²) >= 11 is 12.0. The van der Waals surface area contributed by atoms with E-state index in [2.05, 4.69) is 10.6 Å². The highest BCUT2D eigenvalue weighted by molar-refractivity contribution is 6.39. The molecule has 0 spiro atoms. The van der Waals surface area contributed by atoms with Gasteiger partial charge < -0.3 is 15.5 Å². The Morgan fingerprint density at radius 2 is 1.62 bits per heavy atom. The highest BCUT2D eigenvalue weighted by atomic mass is 35.5. The third-order valence-electron chi connectivity index (χ3n) is 3.42. The van der Waals surface area contributed by atoms with Crippen LogP contribution in [0.2, 0.25) is 10.0 Å². The largest absolute Gasteiger partial charge is 0.355 e. The van der Waals surface area contributed by atoms with Crippen LogP contribution in [-0.2, 0) is 14.4 Å². The Balaban J connectivity index is 2.47. The summed E-state index contributed by atoms with van der Waals surface area (Å²) in [6, 6.07) is 4.92. The number of amides is 3. The van der Waals surface area contributed by atoms with E-state index in [1.165, 1.54) is 4.90 Å². The second-order valence-electron chi connectivity index (χ2n) is 5.92. The van der Waals surface area contributed by atoms with E-state index in [-0.39, 0.29) is 37.4 Å². The average molecular weight is 403 g/mol. The fraction of sp³-hybridized carbons (Fsp3) is 0.471. The predicted octanol–water partition coefficient (Wildman–Crippen LogP) is 1.85. The van der Waals surface area contributed by atoms with Crippen molar-refractivity contribution in [2.45, 2.75) is 13.3 Å². The van der Waals surface area contributed by atoms with Crippen LogP contribution in [0.25, 0.3) is 0 Å². The molecule has 0 bridgehead atoms. The molecular formula is C17H24Cl2N4O3. The fourth-order valence-corrected chi connectivity index (χ4v) is 2.56. The zero-order valence-corrected chi connectivity index (χ0v) is 16.7. The van der Waals surface area contributed by atoms with Gasteiger partial charge in [0.25, 0.3) is 0 Å². The quantitative estimate of drug-likeness (QED) is 0.660. The smallest absolute Gasteiger partial charge is 0.239 e. The van der Waals surface area contributed by atoms with Crippen molar-refractivity contribution in [1.29, 1.82) is 0 Å². The van der Waals surface area contributed by atoms with Crippen LogP contribution >= 0.6 is 23.2 Å². The first kappa shape index (κ1) is 22.2. The first-order chi connectivity index (χ1) is 12.2. The van der Waals surface area contributed by atoms with Crippen molar-refractivity contribution in [2.75, 3.05) is 45.6 Å². The van der Waals surface area contributed by atoms with Gasteiger partial charge in [0, 0.05) is 13.6 Å². The monoisotopic (exact) mass is 402 g/mol. The molecule has 0 heterocycles. The lowest BCUT2D eigenvalue weighted by molar-refractivity contribution is -0.135. The first-order valence-electron chi connectivity index (χ1n) is 8.17. The standard InChI is InChI=1S/C17H24Cl2N4O3/c1-4-8-20-14(24)10-23(3)16(26)11-22(2)9-15(25)21-17-12(18)6-5-7-13(17)19/h5-7H,4,8-11H2,1-3H3,(H,20,24)(H,21,25). The normalized spacial score (nSPS) is 10.5. The maximum absolute atomic E-state index is 12.1. The Kier molecular flexibility index (Phi) is 9.40. The number of carbonyl (C=O) groups is 3. The minimum Gasteiger partial charge on any atom is -0.355 e. The van der Waals surface area contributed by atoms with Crippen molar-refractivity contribution < 1.29 is 14.4 Å². The molecule has 0 fully saturated rings. The first-order valence-corrected chi connectivity index (χ1v) is 8.93. The summed E-state index contributed by atoms with van der Waals surface area (Å²) < 4.78 is 0. The van der Waals surface area contributed by atoms with E-state index in [9.17, 15) is 14.4 Å². The molecule has 1 aromatic carbocycles. The van der Waals surface area contributed by atoms with Crippen LogP contribution in [0.4, 0.5) is 5.69 Å². The van der Waals surface area contributed by atoms with Crippen LogP contribution in [0.1, 0.15) is 13.3 Å². The highest BCUT2D eigenvalue weighted by Crippen LogP contribution is 2.29. The molecule has 2 N–H and O–H groups in total. The summed E-state index contributed by atoms with van der Waals surface area (Å²) in [5.74, 6) is -0.821. The Morgan fingerprint density at radius 3 is 2.19 bits per heavy atom. The van der Waals surface area contributed by atoms with E-state index in [0.29, 0.717) is 22.3 Å². The number of carbonyl (C=O) groups excluding carboxylic acids is 3. The highest BCUT2D eigenvalue weighted by Gasteiger charge is 2.17. The lowest BCUT2D eigenvalue weighted by Gasteiger charge is -2.21. The lowest BCUT2D eigenvalue weighted by atomic mass is 10.3. The fourth-order valence-electron chi connectivity index (χ4n) is 2.07. The van der Waals surface area contributed by atoms with Crippen molar-refractivity contribution >= 4 is 46.6 Å². The van der Waals surface area contributed by atoms with Crippen molar-refractivity contribution in [3.05, 3.63) is 28.2 Å². The van der Waals surface area contributed by atoms with E-state index in [1.54, 1.807) is 37.2 Å². The van der Waals surface area contributed by atoms with Gasteiger partial charge >= 0.3 is 0 Å². The summed E-state index contributed by atoms with van der Waals surface area (Å²) in [6.45, 7) is 2.48. The molecule has 1 aromatic rings. The van der Waals surface area contributed by atoms with Crippen molar-refractivity contribution in [1.82, 2.24) is 15.1 Å². The predicted molar refractivity (Wildman–Crippen MR) is 104 cm³/mol. The Hall–Kier alpha value is -1.83. The van der Waals surface area contributed by atoms with E-state index >= 15 is 0 Å². The molecule has 0 saturated carbocycles. The molecule has 0 aromatic heterocycles. The summed E-state index contributed by atoms with van der Waals surface area (Å²) in [6.07, 6.45) is 0.830. The molecule has 0 aliphatic rings. The van der Waals surface area contributed by atoms with Gasteiger partial charge in [0.05, 0.1) is 35.4 Å². The van der Waals surface area contributed by atoms with Crippen LogP contribution in [0, 0.1) is 0 Å². The van der Waals surface area contributed by atoms with E-state index in [0.717, 1.165) is 6.42 Å². The van der Waals surface area contributed by atoms with Gasteiger partial charge in [-0.1, -0.05) is 36.2 Å². The Bertz CT molecular complexity index is 635. The van der Waals surface area contributed by atoms with Gasteiger partial charge in [0.2, 0.25) is 17.7 Å². The number of rotatable bonds is 9. The molecular weight excluding hydrogens is 379 g/mol. The summed E-state index contributed by atoms with van der Waals surface area (Å²) in [5, 5.41) is 6.01. The number of likely N-dealkylation sites (N-methyl/N-ethyl adjacent to an activating group) is 2. The molecule has 0 saturated heterocycles. The van der Waals surface area contributed by atoms with Crippen molar-refractivity contribution in [3.63, 3.8) is 0 Å². The van der Waals surface area contributed by atoms with Gasteiger partial charge in [-0.25, -0.2) is 0 Å². The third kappa shape index (κ3) is 7.59. The SMILES string of the molecule is CCCNC(=O)CN(C)C(=O)CN(C)CC(=O)Nc1c(Cl)cccc1Cl. The van der Waals surface area contributed by atoms with Gasteiger partial charge in [-0.2, -0.15) is 0 Å². The molecule has 0 aliphatic heterocycles. The van der Waals surface area contributed by atoms with Crippen LogP contribution < -0.4 is 10.6 Å². The average Bonchev–Trinajstić information content (AvgIpc) is 2.56. The number of hydrogen-bond acceptors (Lipinski definition) is 4. The number of hydrogen-bond donors (Lipinski definition) is 2. The topological polar surface area (TPSA) is 81.8 Å². The zero-order valence-electron chi connectivity index (χ0n) is 15.1. The molecule has 0 radical (unpaired) electrons. The molecule has 144 valence electrons. The number of nitrogens with one attached hydrogen (secondary N) is 2. The number of para-hydroxylation sites is 1. The van der Waals surface area contributed by atoms with E-state index in [1.807, 2.05) is 6.92 Å². The summed E-state index contributed by atoms with van der Waals surface area (Å²) in [7, 11) is 3.18. The van der Waals surface area contributed by atoms with Crippen molar-refractivity contribution in [3.8, 4) is 0 Å². The van der Waals surface area contributed by atoms with Gasteiger partial charge in [0.15, 0.2) is 0 Å². The van der Waals surface area contributed by atoms with Gasteiger partial charge in [-0.05, 0) is 25.6 Å². The third-order valence-corrected chi connectivity index (χ3v) is 4.05. The van der Waals surface area contributed by atoms with Crippen LogP contribution in [0.5, 0.6) is 0 Å². The summed E-state index contributed by atoms with van der Waals surface area (Å²) in [4.78, 5) is 38.8. The molecule has 26 heavy (non-hydrogen) atoms. The molecule has 0 atom stereocenters. The van der Waals surface area contributed by atoms with E-state index < -0.39 is 0 Å². The molecule has 9 heteroatoms. The summed E-state index contributed by atoms with van der Waals surface area (Å²) in [5.41, 5.74) is 0.338. The second-order valence-corrected chi connectivity index (χ2v) is 6.73. The molecule has 7 nitrogen and oxygen atoms in total. The zero-order chi connectivity index (χ0) is 19.7. The Morgan fingerprint density at radius 1 is 1.00 bits per heavy atom. The number of benzene rings is 1. The van der Waals surface area contributed by atoms with Gasteiger partial charge in [0.1, 0.15) is 0 Å². The maximum atomic E-state index is 12.1. The van der Waals surface area contributed by atoms with Gasteiger partial charge in [-0.3, -0.25) is 19.3 Å². The number of nitrogens with zero attached hydrogens (tertiary/aromatic N) is 2. The minimum absolute atomic E-state index is 0.00122. The van der Waals surface area contributed by atoms with Crippen molar-refractivity contribution in [2.24, 2.45) is 0 Å².